The third kappa shape index (κ3) is 8.61. The average Bonchev–Trinajstić information content (AvgIpc) is 2.55. The van der Waals surface area contributed by atoms with E-state index < -0.39 is 0 Å². The van der Waals surface area contributed by atoms with Crippen molar-refractivity contribution in [2.24, 2.45) is 0 Å². The Bertz CT molecular complexity index is 366. The van der Waals surface area contributed by atoms with E-state index in [1.807, 2.05) is 0 Å². The summed E-state index contributed by atoms with van der Waals surface area (Å²) in [6, 6.07) is 9.36. The van der Waals surface area contributed by atoms with Gasteiger partial charge in [0.05, 0.1) is 0 Å². The zero-order valence-electron chi connectivity index (χ0n) is 15.4. The number of unbranched alkanes of at least 4 members (excludes halogenated alkanes) is 8. The van der Waals surface area contributed by atoms with Gasteiger partial charge in [-0.1, -0.05) is 103 Å². The molecule has 1 aromatic carbocycles. The first-order valence-electron chi connectivity index (χ1n) is 9.86. The van der Waals surface area contributed by atoms with Gasteiger partial charge >= 0.3 is 0 Å². The molecule has 126 valence electrons. The van der Waals surface area contributed by atoms with Crippen LogP contribution >= 0.6 is 0 Å². The summed E-state index contributed by atoms with van der Waals surface area (Å²) in [5.74, 6) is 0.721. The van der Waals surface area contributed by atoms with Gasteiger partial charge in [-0.2, -0.15) is 0 Å². The Kier molecular flexibility index (Phi) is 11.2. The Morgan fingerprint density at radius 3 is 2.09 bits per heavy atom. The highest BCUT2D eigenvalue weighted by Crippen LogP contribution is 2.23. The van der Waals surface area contributed by atoms with E-state index in [1.54, 1.807) is 11.1 Å². The number of rotatable bonds is 13. The van der Waals surface area contributed by atoms with Crippen LogP contribution in [0.25, 0.3) is 0 Å². The first-order chi connectivity index (χ1) is 10.8. The number of benzene rings is 1. The molecule has 0 amide bonds. The molecule has 1 atom stereocenters. The van der Waals surface area contributed by atoms with E-state index in [9.17, 15) is 0 Å². The van der Waals surface area contributed by atoms with Gasteiger partial charge in [-0.05, 0) is 36.3 Å². The summed E-state index contributed by atoms with van der Waals surface area (Å²) < 4.78 is 0. The molecule has 0 aliphatic carbocycles. The van der Waals surface area contributed by atoms with Gasteiger partial charge in [-0.25, -0.2) is 0 Å². The molecule has 0 bridgehead atoms. The second-order valence-corrected chi connectivity index (χ2v) is 7.01. The maximum absolute atomic E-state index is 2.46. The van der Waals surface area contributed by atoms with Crippen molar-refractivity contribution in [3.8, 4) is 0 Å². The molecule has 0 fully saturated rings. The van der Waals surface area contributed by atoms with E-state index in [-0.39, 0.29) is 0 Å². The SMILES string of the molecule is CCCCCCCCCCc1cccc(C(C)CCCC)c1. The zero-order chi connectivity index (χ0) is 16.0. The van der Waals surface area contributed by atoms with Crippen molar-refractivity contribution in [1.29, 1.82) is 0 Å². The minimum absolute atomic E-state index is 0.721. The standard InChI is InChI=1S/C22H38/c1-4-6-8-9-10-11-12-13-16-21-17-14-18-22(19-21)20(3)15-7-5-2/h14,17-20H,4-13,15-16H2,1-3H3. The molecule has 1 rings (SSSR count). The first-order valence-corrected chi connectivity index (χ1v) is 9.86. The van der Waals surface area contributed by atoms with E-state index in [0.29, 0.717) is 0 Å². The molecule has 0 radical (unpaired) electrons. The lowest BCUT2D eigenvalue weighted by atomic mass is 9.93. The van der Waals surface area contributed by atoms with E-state index in [4.69, 9.17) is 0 Å². The van der Waals surface area contributed by atoms with Crippen LogP contribution in [0, 0.1) is 0 Å². The molecular weight excluding hydrogens is 264 g/mol. The van der Waals surface area contributed by atoms with Crippen molar-refractivity contribution in [3.05, 3.63) is 35.4 Å². The molecule has 0 aliphatic heterocycles. The van der Waals surface area contributed by atoms with Crippen LogP contribution < -0.4 is 0 Å². The summed E-state index contributed by atoms with van der Waals surface area (Å²) in [4.78, 5) is 0. The largest absolute Gasteiger partial charge is 0.0654 e. The third-order valence-electron chi connectivity index (χ3n) is 4.83. The van der Waals surface area contributed by atoms with Crippen LogP contribution in [0.2, 0.25) is 0 Å². The second-order valence-electron chi connectivity index (χ2n) is 7.01. The van der Waals surface area contributed by atoms with E-state index in [1.165, 1.54) is 77.0 Å². The Morgan fingerprint density at radius 2 is 1.41 bits per heavy atom. The lowest BCUT2D eigenvalue weighted by molar-refractivity contribution is 0.575. The maximum atomic E-state index is 2.46. The number of hydrogen-bond acceptors (Lipinski definition) is 0. The number of aryl methyl sites for hydroxylation is 1. The highest BCUT2D eigenvalue weighted by atomic mass is 14.1. The summed E-state index contributed by atoms with van der Waals surface area (Å²) >= 11 is 0. The van der Waals surface area contributed by atoms with Crippen molar-refractivity contribution >= 4 is 0 Å². The average molecular weight is 303 g/mol. The van der Waals surface area contributed by atoms with E-state index in [2.05, 4.69) is 45.0 Å². The summed E-state index contributed by atoms with van der Waals surface area (Å²) in [5, 5.41) is 0. The Balaban J connectivity index is 2.20. The lowest BCUT2D eigenvalue weighted by Crippen LogP contribution is -1.95. The molecule has 1 unspecified atom stereocenters. The molecule has 22 heavy (non-hydrogen) atoms. The second kappa shape index (κ2) is 12.7. The van der Waals surface area contributed by atoms with E-state index >= 15 is 0 Å². The molecule has 0 spiro atoms. The van der Waals surface area contributed by atoms with Crippen molar-refractivity contribution < 1.29 is 0 Å². The molecule has 1 aromatic rings. The Hall–Kier alpha value is -0.780. The zero-order valence-corrected chi connectivity index (χ0v) is 15.4. The molecule has 0 heteroatoms. The summed E-state index contributed by atoms with van der Waals surface area (Å²) in [7, 11) is 0. The highest BCUT2D eigenvalue weighted by Gasteiger charge is 2.05. The van der Waals surface area contributed by atoms with Gasteiger partial charge in [0.15, 0.2) is 0 Å². The van der Waals surface area contributed by atoms with Crippen molar-refractivity contribution in [2.45, 2.75) is 104 Å². The first kappa shape index (κ1) is 19.3. The van der Waals surface area contributed by atoms with Crippen molar-refractivity contribution in [1.82, 2.24) is 0 Å². The van der Waals surface area contributed by atoms with Crippen LogP contribution in [0.4, 0.5) is 0 Å². The Morgan fingerprint density at radius 1 is 0.773 bits per heavy atom. The van der Waals surface area contributed by atoms with Crippen molar-refractivity contribution in [2.75, 3.05) is 0 Å². The smallest absolute Gasteiger partial charge is 0.0190 e. The maximum Gasteiger partial charge on any atom is -0.0190 e. The number of hydrogen-bond donors (Lipinski definition) is 0. The quantitative estimate of drug-likeness (QED) is 0.328. The van der Waals surface area contributed by atoms with Gasteiger partial charge in [-0.3, -0.25) is 0 Å². The van der Waals surface area contributed by atoms with Crippen LogP contribution in [0.1, 0.15) is 108 Å². The van der Waals surface area contributed by atoms with Gasteiger partial charge in [0.1, 0.15) is 0 Å². The van der Waals surface area contributed by atoms with Crippen molar-refractivity contribution in [3.63, 3.8) is 0 Å². The molecule has 0 N–H and O–H groups in total. The van der Waals surface area contributed by atoms with E-state index in [0.717, 1.165) is 5.92 Å². The van der Waals surface area contributed by atoms with Crippen LogP contribution in [-0.4, -0.2) is 0 Å². The summed E-state index contributed by atoms with van der Waals surface area (Å²) in [5.41, 5.74) is 3.09. The monoisotopic (exact) mass is 302 g/mol. The topological polar surface area (TPSA) is 0 Å². The molecule has 0 aliphatic rings. The van der Waals surface area contributed by atoms with Crippen LogP contribution in [-0.2, 0) is 6.42 Å². The fourth-order valence-corrected chi connectivity index (χ4v) is 3.20. The van der Waals surface area contributed by atoms with Gasteiger partial charge in [0.25, 0.3) is 0 Å². The molecule has 0 saturated carbocycles. The fraction of sp³-hybridized carbons (Fsp3) is 0.727. The third-order valence-corrected chi connectivity index (χ3v) is 4.83. The van der Waals surface area contributed by atoms with Crippen LogP contribution in [0.3, 0.4) is 0 Å². The van der Waals surface area contributed by atoms with Gasteiger partial charge in [0.2, 0.25) is 0 Å². The predicted octanol–water partition coefficient (Wildman–Crippen LogP) is 7.66. The normalized spacial score (nSPS) is 12.5. The molecule has 0 saturated heterocycles. The molecule has 0 aromatic heterocycles. The van der Waals surface area contributed by atoms with Crippen LogP contribution in [0.5, 0.6) is 0 Å². The summed E-state index contributed by atoms with van der Waals surface area (Å²) in [6.45, 7) is 6.95. The summed E-state index contributed by atoms with van der Waals surface area (Å²) in [6.07, 6.45) is 16.5. The van der Waals surface area contributed by atoms with Gasteiger partial charge in [-0.15, -0.1) is 0 Å². The fourth-order valence-electron chi connectivity index (χ4n) is 3.20. The lowest BCUT2D eigenvalue weighted by Gasteiger charge is -2.12. The van der Waals surface area contributed by atoms with Gasteiger partial charge in [0, 0.05) is 0 Å². The van der Waals surface area contributed by atoms with Crippen LogP contribution in [0.15, 0.2) is 24.3 Å². The highest BCUT2D eigenvalue weighted by molar-refractivity contribution is 5.26. The minimum atomic E-state index is 0.721. The Labute approximate surface area is 139 Å². The predicted molar refractivity (Wildman–Crippen MR) is 101 cm³/mol. The molecule has 0 heterocycles. The van der Waals surface area contributed by atoms with Gasteiger partial charge < -0.3 is 0 Å². The molecular formula is C22H38. The minimum Gasteiger partial charge on any atom is -0.0654 e. The molecule has 0 nitrogen and oxygen atoms in total.